The summed E-state index contributed by atoms with van der Waals surface area (Å²) in [4.78, 5) is 84.6. The Morgan fingerprint density at radius 2 is 1.74 bits per heavy atom. The quantitative estimate of drug-likeness (QED) is 0.0580. The van der Waals surface area contributed by atoms with Crippen LogP contribution in [0, 0.1) is 11.8 Å². The zero-order valence-electron chi connectivity index (χ0n) is 40.1. The van der Waals surface area contributed by atoms with Gasteiger partial charge in [-0.2, -0.15) is 11.8 Å². The third kappa shape index (κ3) is 17.8. The molecule has 0 aromatic heterocycles. The number of likely N-dealkylation sites (N-methyl/N-ethyl adjacent to an activating group) is 1. The van der Waals surface area contributed by atoms with Crippen molar-refractivity contribution in [3.8, 4) is 5.75 Å². The lowest BCUT2D eigenvalue weighted by atomic mass is 9.81. The van der Waals surface area contributed by atoms with Crippen LogP contribution < -0.4 is 31.5 Å². The van der Waals surface area contributed by atoms with E-state index < -0.39 is 78.3 Å². The topological polar surface area (TPSA) is 276 Å². The molecule has 382 valence electrons. The van der Waals surface area contributed by atoms with Crippen molar-refractivity contribution >= 4 is 64.7 Å². The largest absolute Gasteiger partial charge is 0.495 e. The van der Waals surface area contributed by atoms with Crippen molar-refractivity contribution in [1.82, 2.24) is 20.9 Å². The Labute approximate surface area is 407 Å². The number of anilines is 1. The summed E-state index contributed by atoms with van der Waals surface area (Å²) >= 11 is 8.00. The SMILES string of the molecule is COc1cc2cc(c1Cl)N(C)C(=O)CC(OC(=O)C(C)N(C)C(=O)CCSCC(=O)NCCOCCOCCNC(=O)CON)C(C)[C@@H](O)C(C)[C@@H]1CC(O)(NC(=O)O1)C(OC)/C=C/C=C(\C)C2. The number of hydrogen-bond donors (Lipinski definition) is 6. The number of ether oxygens (including phenoxy) is 6. The molecule has 1 fully saturated rings. The van der Waals surface area contributed by atoms with Gasteiger partial charge < -0.3 is 59.1 Å². The van der Waals surface area contributed by atoms with Gasteiger partial charge in [0.1, 0.15) is 41.7 Å². The third-order valence-corrected chi connectivity index (χ3v) is 13.0. The molecular formula is C45H69ClN6O15S. The van der Waals surface area contributed by atoms with Crippen LogP contribution in [-0.4, -0.2) is 173 Å². The van der Waals surface area contributed by atoms with E-state index >= 15 is 0 Å². The van der Waals surface area contributed by atoms with Crippen molar-refractivity contribution in [1.29, 1.82) is 0 Å². The summed E-state index contributed by atoms with van der Waals surface area (Å²) in [6, 6.07) is 2.37. The highest BCUT2D eigenvalue weighted by molar-refractivity contribution is 7.99. The number of aliphatic hydroxyl groups is 2. The predicted octanol–water partition coefficient (Wildman–Crippen LogP) is 1.63. The van der Waals surface area contributed by atoms with Crippen LogP contribution in [0.25, 0.3) is 0 Å². The lowest BCUT2D eigenvalue weighted by Crippen LogP contribution is -2.64. The van der Waals surface area contributed by atoms with Crippen molar-refractivity contribution in [3.63, 3.8) is 0 Å². The smallest absolute Gasteiger partial charge is 0.409 e. The number of carbonyl (C=O) groups excluding carboxylic acids is 6. The molecule has 1 saturated heterocycles. The summed E-state index contributed by atoms with van der Waals surface area (Å²) in [5.41, 5.74) is 0.0215. The number of rotatable bonds is 21. The number of nitrogens with zero attached hydrogens (tertiary/aromatic N) is 2. The maximum absolute atomic E-state index is 14.2. The molecule has 0 saturated carbocycles. The Bertz CT molecular complexity index is 1930. The molecule has 0 spiro atoms. The molecule has 23 heteroatoms. The Balaban J connectivity index is 1.68. The van der Waals surface area contributed by atoms with Crippen molar-refractivity contribution < 1.29 is 72.2 Å². The van der Waals surface area contributed by atoms with Crippen molar-refractivity contribution in [3.05, 3.63) is 46.5 Å². The monoisotopic (exact) mass is 1000 g/mol. The van der Waals surface area contributed by atoms with E-state index in [-0.39, 0.29) is 74.2 Å². The second-order valence-corrected chi connectivity index (χ2v) is 18.1. The van der Waals surface area contributed by atoms with Gasteiger partial charge in [0.05, 0.1) is 57.5 Å². The number of benzene rings is 1. The number of esters is 1. The number of amides is 5. The van der Waals surface area contributed by atoms with Crippen LogP contribution >= 0.6 is 23.4 Å². The van der Waals surface area contributed by atoms with Crippen LogP contribution in [0.4, 0.5) is 10.5 Å². The fraction of sp³-hybridized carbons (Fsp3) is 0.644. The molecule has 1 aromatic carbocycles. The first-order chi connectivity index (χ1) is 32.3. The lowest BCUT2D eigenvalue weighted by molar-refractivity contribution is -0.167. The van der Waals surface area contributed by atoms with Crippen molar-refractivity contribution in [2.24, 2.45) is 17.7 Å². The molecule has 3 rings (SSSR count). The van der Waals surface area contributed by atoms with Crippen LogP contribution in [0.5, 0.6) is 5.75 Å². The van der Waals surface area contributed by atoms with E-state index in [1.807, 2.05) is 13.0 Å². The number of fused-ring (bicyclic) bond motifs is 4. The molecule has 7 N–H and O–H groups in total. The average Bonchev–Trinajstić information content (AvgIpc) is 3.30. The van der Waals surface area contributed by atoms with Crippen LogP contribution in [0.1, 0.15) is 52.5 Å². The van der Waals surface area contributed by atoms with Gasteiger partial charge >= 0.3 is 12.1 Å². The van der Waals surface area contributed by atoms with Gasteiger partial charge in [-0.25, -0.2) is 15.5 Å². The maximum atomic E-state index is 14.2. The first-order valence-electron chi connectivity index (χ1n) is 22.2. The van der Waals surface area contributed by atoms with Gasteiger partial charge in [0.25, 0.3) is 0 Å². The Morgan fingerprint density at radius 3 is 2.37 bits per heavy atom. The summed E-state index contributed by atoms with van der Waals surface area (Å²) in [6.07, 6.45) is -0.762. The lowest BCUT2D eigenvalue weighted by Gasteiger charge is -2.43. The molecule has 4 bridgehead atoms. The summed E-state index contributed by atoms with van der Waals surface area (Å²) in [6.45, 7) is 8.01. The van der Waals surface area contributed by atoms with E-state index in [0.717, 1.165) is 11.1 Å². The molecule has 8 atom stereocenters. The maximum Gasteiger partial charge on any atom is 0.409 e. The highest BCUT2D eigenvalue weighted by atomic mass is 35.5. The number of hydrogen-bond acceptors (Lipinski definition) is 17. The van der Waals surface area contributed by atoms with Gasteiger partial charge in [-0.1, -0.05) is 49.2 Å². The normalized spacial score (nSPS) is 25.2. The molecule has 6 unspecified atom stereocenters. The number of carbonyl (C=O) groups is 6. The van der Waals surface area contributed by atoms with E-state index in [1.54, 1.807) is 38.1 Å². The van der Waals surface area contributed by atoms with Gasteiger partial charge in [-0.3, -0.25) is 29.3 Å². The van der Waals surface area contributed by atoms with E-state index in [2.05, 4.69) is 20.8 Å². The minimum Gasteiger partial charge on any atom is -0.495 e. The number of aliphatic hydroxyl groups excluding tert-OH is 1. The number of allylic oxidation sites excluding steroid dienone is 3. The summed E-state index contributed by atoms with van der Waals surface area (Å²) in [5, 5.41) is 31.5. The van der Waals surface area contributed by atoms with Gasteiger partial charge in [0, 0.05) is 64.7 Å². The number of halogens is 1. The molecule has 1 aromatic rings. The van der Waals surface area contributed by atoms with Gasteiger partial charge in [0.15, 0.2) is 5.72 Å². The van der Waals surface area contributed by atoms with Crippen LogP contribution in [0.2, 0.25) is 5.02 Å². The van der Waals surface area contributed by atoms with E-state index in [4.69, 9.17) is 45.9 Å². The number of methoxy groups -OCH3 is 2. The van der Waals surface area contributed by atoms with Gasteiger partial charge in [0.2, 0.25) is 23.6 Å². The Hall–Kier alpha value is -4.52. The Kier molecular flexibility index (Phi) is 24.5. The molecule has 2 aliphatic heterocycles. The fourth-order valence-electron chi connectivity index (χ4n) is 7.34. The number of alkyl carbamates (subject to hydrolysis) is 1. The standard InChI is InChI=1S/C45H69ClN6O15S/c1-27-10-9-11-36(62-8)45(60)24-35(67-44(59)50-45)29(3)42(57)28(2)33(23-40(56)52(6)32-21-31(20-27)22-34(61-7)41(32)46)66-43(58)30(4)51(5)39(55)12-19-68-26-38(54)49-14-16-64-18-17-63-15-13-48-37(53)25-65-47/h9-11,21-22,28-30,33,35-36,42,57,60H,12-20,23-26,47H2,1-8H3,(H,48,53)(H,49,54)(H,50,59)/b11-9+,27-10+/t28?,29?,30?,33?,35-,36?,42+,45?/m0/s1. The molecule has 5 amide bonds. The molecule has 2 aliphatic rings. The first-order valence-corrected chi connectivity index (χ1v) is 23.7. The summed E-state index contributed by atoms with van der Waals surface area (Å²) < 4.78 is 33.5. The highest BCUT2D eigenvalue weighted by Gasteiger charge is 2.48. The van der Waals surface area contributed by atoms with E-state index in [0.29, 0.717) is 31.0 Å². The van der Waals surface area contributed by atoms with E-state index in [9.17, 15) is 39.0 Å². The minimum absolute atomic E-state index is 0.00136. The minimum atomic E-state index is -1.94. The first kappa shape index (κ1) is 57.8. The molecule has 2 heterocycles. The zero-order chi connectivity index (χ0) is 50.6. The van der Waals surface area contributed by atoms with Crippen molar-refractivity contribution in [2.45, 2.75) is 89.6 Å². The van der Waals surface area contributed by atoms with Gasteiger partial charge in [-0.15, -0.1) is 0 Å². The Morgan fingerprint density at radius 1 is 1.07 bits per heavy atom. The summed E-state index contributed by atoms with van der Waals surface area (Å²) in [7, 11) is 5.79. The molecule has 0 aliphatic carbocycles. The molecule has 68 heavy (non-hydrogen) atoms. The van der Waals surface area contributed by atoms with E-state index in [1.165, 1.54) is 56.8 Å². The van der Waals surface area contributed by atoms with Gasteiger partial charge in [-0.05, 0) is 38.0 Å². The summed E-state index contributed by atoms with van der Waals surface area (Å²) in [5.74, 6) is 1.29. The van der Waals surface area contributed by atoms with Crippen LogP contribution in [-0.2, 0) is 58.9 Å². The number of nitrogens with one attached hydrogen (secondary N) is 3. The number of nitrogens with two attached hydrogens (primary N) is 1. The second kappa shape index (κ2) is 28.8. The zero-order valence-corrected chi connectivity index (χ0v) is 41.7. The van der Waals surface area contributed by atoms with Crippen molar-refractivity contribution in [2.75, 3.05) is 90.8 Å². The molecular weight excluding hydrogens is 932 g/mol. The predicted molar refractivity (Wildman–Crippen MR) is 253 cm³/mol. The van der Waals surface area contributed by atoms with Crippen LogP contribution in [0.15, 0.2) is 35.9 Å². The molecule has 21 nitrogen and oxygen atoms in total. The van der Waals surface area contributed by atoms with Crippen LogP contribution in [0.3, 0.4) is 0 Å². The fourth-order valence-corrected chi connectivity index (χ4v) is 8.40. The third-order valence-electron chi connectivity index (χ3n) is 11.6. The second-order valence-electron chi connectivity index (χ2n) is 16.6. The average molecular weight is 1000 g/mol. The molecule has 0 radical (unpaired) electrons. The highest BCUT2D eigenvalue weighted by Crippen LogP contribution is 2.38. The number of thioether (sulfide) groups is 1.